The van der Waals surface area contributed by atoms with Gasteiger partial charge in [0.1, 0.15) is 11.8 Å². The van der Waals surface area contributed by atoms with Crippen LogP contribution in [0.1, 0.15) is 11.3 Å². The van der Waals surface area contributed by atoms with Gasteiger partial charge in [-0.2, -0.15) is 5.26 Å². The number of halogens is 1. The number of benzene rings is 1. The first-order valence-corrected chi connectivity index (χ1v) is 5.61. The van der Waals surface area contributed by atoms with Crippen LogP contribution < -0.4 is 5.73 Å². The molecule has 0 aliphatic rings. The maximum Gasteiger partial charge on any atom is 0.125 e. The number of rotatable bonds is 2. The van der Waals surface area contributed by atoms with Crippen LogP contribution in [0.2, 0.25) is 0 Å². The van der Waals surface area contributed by atoms with E-state index in [9.17, 15) is 0 Å². The lowest BCUT2D eigenvalue weighted by Crippen LogP contribution is -1.98. The molecule has 0 bridgehead atoms. The second-order valence-corrected chi connectivity index (χ2v) is 4.31. The van der Waals surface area contributed by atoms with Crippen molar-refractivity contribution < 1.29 is 0 Å². The normalized spacial score (nSPS) is 10.1. The molecule has 1 aromatic carbocycles. The zero-order valence-electron chi connectivity index (χ0n) is 8.52. The van der Waals surface area contributed by atoms with E-state index in [0.717, 1.165) is 15.7 Å². The Kier molecular flexibility index (Phi) is 3.09. The minimum Gasteiger partial charge on any atom is -0.326 e. The largest absolute Gasteiger partial charge is 0.326 e. The standard InChI is InChI=1S/C12H10BrN3/c13-10-5-12(7-15)16(8-10)11-3-1-9(6-14)2-4-11/h1-5,8H,6,14H2. The number of hydrogen-bond donors (Lipinski definition) is 1. The molecule has 80 valence electrons. The predicted octanol–water partition coefficient (Wildman–Crippen LogP) is 2.57. The number of hydrogen-bond acceptors (Lipinski definition) is 2. The van der Waals surface area contributed by atoms with Crippen molar-refractivity contribution in [2.75, 3.05) is 0 Å². The quantitative estimate of drug-likeness (QED) is 0.916. The Morgan fingerprint density at radius 2 is 2.00 bits per heavy atom. The Bertz CT molecular complexity index is 534. The highest BCUT2D eigenvalue weighted by molar-refractivity contribution is 9.10. The highest BCUT2D eigenvalue weighted by Gasteiger charge is 2.05. The molecule has 0 aliphatic carbocycles. The molecule has 1 heterocycles. The third-order valence-corrected chi connectivity index (χ3v) is 2.79. The minimum absolute atomic E-state index is 0.529. The maximum absolute atomic E-state index is 8.98. The summed E-state index contributed by atoms with van der Waals surface area (Å²) >= 11 is 3.36. The summed E-state index contributed by atoms with van der Waals surface area (Å²) in [6.07, 6.45) is 1.87. The molecule has 2 aromatic rings. The van der Waals surface area contributed by atoms with Gasteiger partial charge in [-0.05, 0) is 39.7 Å². The SMILES string of the molecule is N#Cc1cc(Br)cn1-c1ccc(CN)cc1. The molecule has 0 spiro atoms. The topological polar surface area (TPSA) is 54.7 Å². The highest BCUT2D eigenvalue weighted by Crippen LogP contribution is 2.19. The van der Waals surface area contributed by atoms with Crippen molar-refractivity contribution in [1.29, 1.82) is 5.26 Å². The van der Waals surface area contributed by atoms with Crippen LogP contribution in [0.3, 0.4) is 0 Å². The van der Waals surface area contributed by atoms with E-state index in [1.54, 1.807) is 6.07 Å². The van der Waals surface area contributed by atoms with Gasteiger partial charge in [-0.15, -0.1) is 0 Å². The van der Waals surface area contributed by atoms with Gasteiger partial charge in [0.2, 0.25) is 0 Å². The van der Waals surface area contributed by atoms with E-state index in [4.69, 9.17) is 11.0 Å². The average molecular weight is 276 g/mol. The van der Waals surface area contributed by atoms with Gasteiger partial charge >= 0.3 is 0 Å². The van der Waals surface area contributed by atoms with Crippen LogP contribution in [0.5, 0.6) is 0 Å². The zero-order chi connectivity index (χ0) is 11.5. The van der Waals surface area contributed by atoms with Crippen LogP contribution in [-0.2, 0) is 6.54 Å². The fraction of sp³-hybridized carbons (Fsp3) is 0.0833. The Balaban J connectivity index is 2.46. The van der Waals surface area contributed by atoms with Gasteiger partial charge in [0.05, 0.1) is 0 Å². The van der Waals surface area contributed by atoms with E-state index in [-0.39, 0.29) is 0 Å². The number of aromatic nitrogens is 1. The van der Waals surface area contributed by atoms with Crippen molar-refractivity contribution >= 4 is 15.9 Å². The predicted molar refractivity (Wildman–Crippen MR) is 66.1 cm³/mol. The molecule has 0 atom stereocenters. The fourth-order valence-electron chi connectivity index (χ4n) is 1.52. The summed E-state index contributed by atoms with van der Waals surface area (Å²) in [6, 6.07) is 11.8. The molecule has 0 amide bonds. The number of nitrogens with two attached hydrogens (primary N) is 1. The molecule has 16 heavy (non-hydrogen) atoms. The van der Waals surface area contributed by atoms with Crippen LogP contribution in [-0.4, -0.2) is 4.57 Å². The Morgan fingerprint density at radius 3 is 2.56 bits per heavy atom. The molecule has 0 unspecified atom stereocenters. The van der Waals surface area contributed by atoms with Crippen molar-refractivity contribution in [3.8, 4) is 11.8 Å². The van der Waals surface area contributed by atoms with Crippen molar-refractivity contribution in [3.63, 3.8) is 0 Å². The number of nitrogens with zero attached hydrogens (tertiary/aromatic N) is 2. The Labute approximate surface area is 102 Å². The summed E-state index contributed by atoms with van der Waals surface area (Å²) in [5.74, 6) is 0. The molecule has 4 heteroatoms. The Morgan fingerprint density at radius 1 is 1.31 bits per heavy atom. The van der Waals surface area contributed by atoms with Gasteiger partial charge in [-0.25, -0.2) is 0 Å². The molecule has 1 aromatic heterocycles. The Hall–Kier alpha value is -1.57. The fourth-order valence-corrected chi connectivity index (χ4v) is 1.94. The smallest absolute Gasteiger partial charge is 0.125 e. The highest BCUT2D eigenvalue weighted by atomic mass is 79.9. The molecule has 0 aliphatic heterocycles. The van der Waals surface area contributed by atoms with Gasteiger partial charge < -0.3 is 10.3 Å². The van der Waals surface area contributed by atoms with Crippen LogP contribution in [0.25, 0.3) is 5.69 Å². The summed E-state index contributed by atoms with van der Waals surface area (Å²) < 4.78 is 2.73. The third-order valence-electron chi connectivity index (χ3n) is 2.35. The first kappa shape index (κ1) is 10.9. The second kappa shape index (κ2) is 4.52. The van der Waals surface area contributed by atoms with Crippen LogP contribution >= 0.6 is 15.9 Å². The monoisotopic (exact) mass is 275 g/mol. The van der Waals surface area contributed by atoms with Crippen molar-refractivity contribution in [2.24, 2.45) is 5.73 Å². The van der Waals surface area contributed by atoms with E-state index < -0.39 is 0 Å². The van der Waals surface area contributed by atoms with Crippen LogP contribution in [0.4, 0.5) is 0 Å². The molecule has 0 saturated heterocycles. The molecule has 0 saturated carbocycles. The zero-order valence-corrected chi connectivity index (χ0v) is 10.1. The summed E-state index contributed by atoms with van der Waals surface area (Å²) in [5, 5.41) is 8.98. The van der Waals surface area contributed by atoms with Crippen molar-refractivity contribution in [2.45, 2.75) is 6.54 Å². The van der Waals surface area contributed by atoms with Crippen molar-refractivity contribution in [3.05, 3.63) is 52.3 Å². The van der Waals surface area contributed by atoms with Gasteiger partial charge in [-0.1, -0.05) is 12.1 Å². The lowest BCUT2D eigenvalue weighted by atomic mass is 10.2. The summed E-state index contributed by atoms with van der Waals surface area (Å²) in [7, 11) is 0. The summed E-state index contributed by atoms with van der Waals surface area (Å²) in [4.78, 5) is 0. The molecule has 0 radical (unpaired) electrons. The second-order valence-electron chi connectivity index (χ2n) is 3.40. The van der Waals surface area contributed by atoms with Crippen LogP contribution in [0.15, 0.2) is 41.0 Å². The van der Waals surface area contributed by atoms with E-state index in [0.29, 0.717) is 12.2 Å². The molecule has 2 rings (SSSR count). The van der Waals surface area contributed by atoms with E-state index in [1.807, 2.05) is 35.0 Å². The molecule has 2 N–H and O–H groups in total. The summed E-state index contributed by atoms with van der Waals surface area (Å²) in [6.45, 7) is 0.529. The minimum atomic E-state index is 0.529. The maximum atomic E-state index is 8.98. The molecule has 3 nitrogen and oxygen atoms in total. The van der Waals surface area contributed by atoms with Gasteiger partial charge in [0.15, 0.2) is 0 Å². The summed E-state index contributed by atoms with van der Waals surface area (Å²) in [5.41, 5.74) is 8.17. The van der Waals surface area contributed by atoms with Crippen molar-refractivity contribution in [1.82, 2.24) is 4.57 Å². The van der Waals surface area contributed by atoms with Crippen LogP contribution in [0, 0.1) is 11.3 Å². The van der Waals surface area contributed by atoms with Gasteiger partial charge in [0, 0.05) is 22.9 Å². The molecular weight excluding hydrogens is 266 g/mol. The van der Waals surface area contributed by atoms with E-state index in [1.165, 1.54) is 0 Å². The lowest BCUT2D eigenvalue weighted by molar-refractivity contribution is 1.03. The molecular formula is C12H10BrN3. The molecule has 0 fully saturated rings. The van der Waals surface area contributed by atoms with Gasteiger partial charge in [0.25, 0.3) is 0 Å². The van der Waals surface area contributed by atoms with E-state index >= 15 is 0 Å². The number of nitriles is 1. The first-order valence-electron chi connectivity index (χ1n) is 4.82. The third kappa shape index (κ3) is 2.01. The average Bonchev–Trinajstić information content (AvgIpc) is 2.70. The first-order chi connectivity index (χ1) is 7.74. The van der Waals surface area contributed by atoms with Gasteiger partial charge in [-0.3, -0.25) is 0 Å². The lowest BCUT2D eigenvalue weighted by Gasteiger charge is -2.05. The van der Waals surface area contributed by atoms with E-state index in [2.05, 4.69) is 22.0 Å².